The number of hydrogen-bond donors (Lipinski definition) is 1. The summed E-state index contributed by atoms with van der Waals surface area (Å²) in [4.78, 5) is 4.55. The van der Waals surface area contributed by atoms with Crippen molar-refractivity contribution in [3.05, 3.63) is 24.0 Å². The minimum absolute atomic E-state index is 0.423. The van der Waals surface area contributed by atoms with E-state index in [0.29, 0.717) is 17.5 Å². The molecule has 2 aromatic rings. The molecule has 2 unspecified atom stereocenters. The molecular formula is C16H21N3O2. The maximum Gasteiger partial charge on any atom is 0.260 e. The maximum absolute atomic E-state index is 6.03. The zero-order chi connectivity index (χ0) is 14.8. The lowest BCUT2D eigenvalue weighted by atomic mass is 10.0. The van der Waals surface area contributed by atoms with Crippen LogP contribution in [-0.2, 0) is 0 Å². The van der Waals surface area contributed by atoms with Gasteiger partial charge in [-0.25, -0.2) is 0 Å². The van der Waals surface area contributed by atoms with Gasteiger partial charge in [0, 0.05) is 17.7 Å². The lowest BCUT2D eigenvalue weighted by Crippen LogP contribution is -1.97. The number of nitrogen functional groups attached to an aromatic ring is 1. The smallest absolute Gasteiger partial charge is 0.260 e. The van der Waals surface area contributed by atoms with E-state index in [9.17, 15) is 0 Å². The van der Waals surface area contributed by atoms with Crippen molar-refractivity contribution in [2.75, 3.05) is 12.8 Å². The maximum atomic E-state index is 6.03. The summed E-state index contributed by atoms with van der Waals surface area (Å²) < 4.78 is 10.6. The number of hydrogen-bond acceptors (Lipinski definition) is 5. The molecule has 0 radical (unpaired) electrons. The summed E-state index contributed by atoms with van der Waals surface area (Å²) in [5.41, 5.74) is 7.38. The average molecular weight is 287 g/mol. The van der Waals surface area contributed by atoms with E-state index in [1.165, 1.54) is 12.8 Å². The summed E-state index contributed by atoms with van der Waals surface area (Å²) in [6.07, 6.45) is 4.80. The van der Waals surface area contributed by atoms with Crippen LogP contribution in [0.15, 0.2) is 22.7 Å². The first-order valence-electron chi connectivity index (χ1n) is 7.48. The van der Waals surface area contributed by atoms with Gasteiger partial charge in [-0.1, -0.05) is 18.5 Å². The van der Waals surface area contributed by atoms with Gasteiger partial charge in [-0.05, 0) is 37.3 Å². The summed E-state index contributed by atoms with van der Waals surface area (Å²) in [6, 6.07) is 5.47. The molecule has 112 valence electrons. The van der Waals surface area contributed by atoms with Crippen molar-refractivity contribution in [3.8, 4) is 17.2 Å². The van der Waals surface area contributed by atoms with Crippen molar-refractivity contribution in [2.45, 2.75) is 38.5 Å². The normalized spacial score (nSPS) is 21.6. The van der Waals surface area contributed by atoms with Gasteiger partial charge in [0.2, 0.25) is 0 Å². The molecular weight excluding hydrogens is 266 g/mol. The lowest BCUT2D eigenvalue weighted by Gasteiger charge is -2.05. The fraction of sp³-hybridized carbons (Fsp3) is 0.500. The van der Waals surface area contributed by atoms with Gasteiger partial charge >= 0.3 is 0 Å². The van der Waals surface area contributed by atoms with Crippen molar-refractivity contribution < 1.29 is 9.26 Å². The molecule has 5 heteroatoms. The van der Waals surface area contributed by atoms with Gasteiger partial charge in [-0.3, -0.25) is 0 Å². The van der Waals surface area contributed by atoms with Gasteiger partial charge in [0.25, 0.3) is 5.89 Å². The van der Waals surface area contributed by atoms with E-state index in [0.717, 1.165) is 35.9 Å². The third kappa shape index (κ3) is 2.73. The number of anilines is 1. The molecule has 1 aliphatic carbocycles. The van der Waals surface area contributed by atoms with Gasteiger partial charge in [-0.15, -0.1) is 0 Å². The standard InChI is InChI=1S/C16H21N3O2/c1-3-10-4-5-11(8-10)15-18-16(21-19-15)13-7-6-12(20-2)9-14(13)17/h6-7,9-11H,3-5,8,17H2,1-2H3. The number of aromatic nitrogens is 2. The second kappa shape index (κ2) is 5.76. The lowest BCUT2D eigenvalue weighted by molar-refractivity contribution is 0.412. The highest BCUT2D eigenvalue weighted by atomic mass is 16.5. The first kappa shape index (κ1) is 13.9. The second-order valence-electron chi connectivity index (χ2n) is 5.70. The van der Waals surface area contributed by atoms with Crippen LogP contribution in [-0.4, -0.2) is 17.3 Å². The van der Waals surface area contributed by atoms with Gasteiger partial charge in [-0.2, -0.15) is 4.98 Å². The molecule has 0 spiro atoms. The summed E-state index contributed by atoms with van der Waals surface area (Å²) in [5.74, 6) is 3.24. The number of nitrogens with zero attached hydrogens (tertiary/aromatic N) is 2. The summed E-state index contributed by atoms with van der Waals surface area (Å²) in [7, 11) is 1.61. The summed E-state index contributed by atoms with van der Waals surface area (Å²) >= 11 is 0. The van der Waals surface area contributed by atoms with E-state index in [1.807, 2.05) is 12.1 Å². The van der Waals surface area contributed by atoms with E-state index < -0.39 is 0 Å². The molecule has 0 saturated heterocycles. The largest absolute Gasteiger partial charge is 0.497 e. The number of rotatable bonds is 4. The molecule has 1 fully saturated rings. The Morgan fingerprint density at radius 2 is 2.24 bits per heavy atom. The minimum atomic E-state index is 0.423. The van der Waals surface area contributed by atoms with Crippen LogP contribution < -0.4 is 10.5 Å². The van der Waals surface area contributed by atoms with Crippen molar-refractivity contribution in [1.82, 2.24) is 10.1 Å². The Morgan fingerprint density at radius 1 is 1.38 bits per heavy atom. The third-order valence-electron chi connectivity index (χ3n) is 4.41. The van der Waals surface area contributed by atoms with E-state index >= 15 is 0 Å². The zero-order valence-corrected chi connectivity index (χ0v) is 12.5. The third-order valence-corrected chi connectivity index (χ3v) is 4.41. The van der Waals surface area contributed by atoms with E-state index in [4.69, 9.17) is 15.0 Å². The Morgan fingerprint density at radius 3 is 2.90 bits per heavy atom. The number of nitrogens with two attached hydrogens (primary N) is 1. The van der Waals surface area contributed by atoms with Crippen molar-refractivity contribution >= 4 is 5.69 Å². The fourth-order valence-electron chi connectivity index (χ4n) is 3.05. The molecule has 0 bridgehead atoms. The highest BCUT2D eigenvalue weighted by Crippen LogP contribution is 2.39. The summed E-state index contributed by atoms with van der Waals surface area (Å²) in [6.45, 7) is 2.24. The Balaban J connectivity index is 1.82. The van der Waals surface area contributed by atoms with Crippen molar-refractivity contribution in [3.63, 3.8) is 0 Å². The fourth-order valence-corrected chi connectivity index (χ4v) is 3.05. The highest BCUT2D eigenvalue weighted by molar-refractivity contribution is 5.71. The summed E-state index contributed by atoms with van der Waals surface area (Å²) in [5, 5.41) is 4.15. The zero-order valence-electron chi connectivity index (χ0n) is 12.5. The Kier molecular flexibility index (Phi) is 3.82. The van der Waals surface area contributed by atoms with Gasteiger partial charge in [0.1, 0.15) is 5.75 Å². The van der Waals surface area contributed by atoms with Gasteiger partial charge in [0.05, 0.1) is 12.7 Å². The Hall–Kier alpha value is -2.04. The highest BCUT2D eigenvalue weighted by Gasteiger charge is 2.28. The number of ether oxygens (including phenoxy) is 1. The predicted molar refractivity (Wildman–Crippen MR) is 81.1 cm³/mol. The van der Waals surface area contributed by atoms with Crippen LogP contribution in [0.1, 0.15) is 44.3 Å². The SMILES string of the molecule is CCC1CCC(c2noc(-c3ccc(OC)cc3N)n2)C1. The van der Waals surface area contributed by atoms with E-state index in [-0.39, 0.29) is 0 Å². The molecule has 1 heterocycles. The molecule has 1 aliphatic rings. The van der Waals surface area contributed by atoms with Crippen molar-refractivity contribution in [1.29, 1.82) is 0 Å². The van der Waals surface area contributed by atoms with Crippen LogP contribution in [0.4, 0.5) is 5.69 Å². The minimum Gasteiger partial charge on any atom is -0.497 e. The predicted octanol–water partition coefficient (Wildman–Crippen LogP) is 3.62. The first-order valence-corrected chi connectivity index (χ1v) is 7.48. The van der Waals surface area contributed by atoms with Crippen LogP contribution in [0.5, 0.6) is 5.75 Å². The molecule has 2 atom stereocenters. The van der Waals surface area contributed by atoms with Gasteiger partial charge in [0.15, 0.2) is 5.82 Å². The quantitative estimate of drug-likeness (QED) is 0.869. The van der Waals surface area contributed by atoms with Crippen LogP contribution in [0, 0.1) is 5.92 Å². The van der Waals surface area contributed by atoms with Crippen LogP contribution in [0.25, 0.3) is 11.5 Å². The first-order chi connectivity index (χ1) is 10.2. The Labute approximate surface area is 124 Å². The van der Waals surface area contributed by atoms with Crippen LogP contribution in [0.2, 0.25) is 0 Å². The van der Waals surface area contributed by atoms with Gasteiger partial charge < -0.3 is 15.0 Å². The van der Waals surface area contributed by atoms with Crippen LogP contribution in [0.3, 0.4) is 0 Å². The van der Waals surface area contributed by atoms with Crippen LogP contribution >= 0.6 is 0 Å². The van der Waals surface area contributed by atoms with E-state index in [2.05, 4.69) is 17.1 Å². The molecule has 1 saturated carbocycles. The molecule has 2 N–H and O–H groups in total. The van der Waals surface area contributed by atoms with Crippen molar-refractivity contribution in [2.24, 2.45) is 5.92 Å². The molecule has 21 heavy (non-hydrogen) atoms. The molecule has 1 aromatic carbocycles. The molecule has 3 rings (SSSR count). The number of methoxy groups -OCH3 is 1. The topological polar surface area (TPSA) is 74.2 Å². The second-order valence-corrected chi connectivity index (χ2v) is 5.70. The average Bonchev–Trinajstić information content (AvgIpc) is 3.15. The molecule has 0 aliphatic heterocycles. The van der Waals surface area contributed by atoms with E-state index in [1.54, 1.807) is 13.2 Å². The number of benzene rings is 1. The monoisotopic (exact) mass is 287 g/mol. The molecule has 0 amide bonds. The molecule has 1 aromatic heterocycles. The Bertz CT molecular complexity index is 624. The molecule has 5 nitrogen and oxygen atoms in total.